The molecule has 0 unspecified atom stereocenters. The summed E-state index contributed by atoms with van der Waals surface area (Å²) in [6.07, 6.45) is -15.6. The minimum atomic E-state index is -1.87. The third kappa shape index (κ3) is 8.45. The van der Waals surface area contributed by atoms with Crippen LogP contribution in [0.25, 0.3) is 0 Å². The molecule has 19 heteroatoms. The van der Waals surface area contributed by atoms with Gasteiger partial charge in [-0.15, -0.1) is 0 Å². The molecule has 0 radical (unpaired) electrons. The molecule has 4 aliphatic carbocycles. The second-order valence-electron chi connectivity index (χ2n) is 20.4. The van der Waals surface area contributed by atoms with Crippen LogP contribution in [-0.2, 0) is 38.0 Å². The first kappa shape index (κ1) is 48.7. The molecule has 0 bridgehead atoms. The monoisotopic (exact) mass is 914 g/mol. The van der Waals surface area contributed by atoms with Gasteiger partial charge in [-0.3, -0.25) is 0 Å². The van der Waals surface area contributed by atoms with Gasteiger partial charge >= 0.3 is 5.97 Å². The lowest BCUT2D eigenvalue weighted by Crippen LogP contribution is -2.65. The normalized spacial score (nSPS) is 51.4. The molecule has 8 aliphatic rings. The highest BCUT2D eigenvalue weighted by Gasteiger charge is 2.62. The Morgan fingerprint density at radius 1 is 0.797 bits per heavy atom. The van der Waals surface area contributed by atoms with Gasteiger partial charge in [-0.05, 0) is 80.5 Å². The van der Waals surface area contributed by atoms with E-state index in [1.54, 1.807) is 0 Å². The fourth-order valence-corrected chi connectivity index (χ4v) is 13.3. The van der Waals surface area contributed by atoms with E-state index in [0.29, 0.717) is 36.2 Å². The number of carbonyl (C=O) groups excluding carboxylic acids is 1. The Hall–Kier alpha value is -1.73. The van der Waals surface area contributed by atoms with Crippen molar-refractivity contribution in [3.05, 3.63) is 22.8 Å². The summed E-state index contributed by atoms with van der Waals surface area (Å²) in [6.45, 7) is 6.72. The maximum atomic E-state index is 12.7. The Morgan fingerprint density at radius 3 is 2.19 bits per heavy atom. The maximum Gasteiger partial charge on any atom is 0.336 e. The van der Waals surface area contributed by atoms with E-state index in [0.717, 1.165) is 43.3 Å². The molecule has 24 atom stereocenters. The van der Waals surface area contributed by atoms with Crippen molar-refractivity contribution < 1.29 is 94.1 Å². The molecule has 0 aromatic rings. The van der Waals surface area contributed by atoms with Gasteiger partial charge in [0, 0.05) is 18.3 Å². The summed E-state index contributed by atoms with van der Waals surface area (Å²) in [5.74, 6) is 1.11. The van der Waals surface area contributed by atoms with Crippen LogP contribution in [0.15, 0.2) is 22.8 Å². The summed E-state index contributed by atoms with van der Waals surface area (Å²) in [6, 6.07) is 0. The molecule has 0 spiro atoms. The van der Waals surface area contributed by atoms with Gasteiger partial charge in [0.25, 0.3) is 0 Å². The molecule has 4 aliphatic heterocycles. The first-order chi connectivity index (χ1) is 30.3. The summed E-state index contributed by atoms with van der Waals surface area (Å²) in [7, 11) is 0. The zero-order chi connectivity index (χ0) is 46.2. The lowest BCUT2D eigenvalue weighted by molar-refractivity contribution is -0.367. The van der Waals surface area contributed by atoms with E-state index in [9.17, 15) is 61.0 Å². The number of carbonyl (C=O) groups is 1. The molecule has 8 rings (SSSR count). The second-order valence-corrected chi connectivity index (χ2v) is 20.4. The van der Waals surface area contributed by atoms with E-state index < -0.39 is 123 Å². The summed E-state index contributed by atoms with van der Waals surface area (Å²) in [5.41, 5.74) is 1.86. The number of fused-ring (bicyclic) bond motifs is 5. The van der Waals surface area contributed by atoms with Gasteiger partial charge in [0.1, 0.15) is 73.2 Å². The summed E-state index contributed by atoms with van der Waals surface area (Å²) in [5, 5.41) is 117. The largest absolute Gasteiger partial charge is 0.458 e. The van der Waals surface area contributed by atoms with Crippen molar-refractivity contribution in [2.24, 2.45) is 40.4 Å². The lowest BCUT2D eigenvalue weighted by Gasteiger charge is -2.60. The van der Waals surface area contributed by atoms with Crippen molar-refractivity contribution in [3.63, 3.8) is 0 Å². The molecule has 11 N–H and O–H groups in total. The number of esters is 1. The van der Waals surface area contributed by atoms with E-state index >= 15 is 0 Å². The van der Waals surface area contributed by atoms with Crippen molar-refractivity contribution in [2.45, 2.75) is 183 Å². The number of ether oxygens (including phenoxy) is 7. The summed E-state index contributed by atoms with van der Waals surface area (Å²) in [4.78, 5) is 12.7. The number of hydrogen-bond donors (Lipinski definition) is 11. The van der Waals surface area contributed by atoms with Crippen LogP contribution in [0.3, 0.4) is 0 Å². The number of aliphatic hydroxyl groups is 11. The van der Waals surface area contributed by atoms with E-state index in [4.69, 9.17) is 33.2 Å². The maximum absolute atomic E-state index is 12.7. The summed E-state index contributed by atoms with van der Waals surface area (Å²) >= 11 is 0. The molecule has 0 amide bonds. The van der Waals surface area contributed by atoms with Crippen LogP contribution in [0.2, 0.25) is 0 Å². The van der Waals surface area contributed by atoms with Crippen LogP contribution in [0, 0.1) is 40.4 Å². The number of aliphatic hydroxyl groups excluding tert-OH is 11. The van der Waals surface area contributed by atoms with Gasteiger partial charge in [0.05, 0.1) is 44.2 Å². The van der Waals surface area contributed by atoms with Crippen LogP contribution in [-0.4, -0.2) is 193 Å². The highest BCUT2D eigenvalue weighted by atomic mass is 16.8. The Labute approximate surface area is 372 Å². The highest BCUT2D eigenvalue weighted by Crippen LogP contribution is 2.67. The van der Waals surface area contributed by atoms with Crippen molar-refractivity contribution in [3.8, 4) is 0 Å². The second kappa shape index (κ2) is 19.0. The Morgan fingerprint density at radius 2 is 1.48 bits per heavy atom. The first-order valence-electron chi connectivity index (χ1n) is 23.1. The Bertz CT molecular complexity index is 1730. The Balaban J connectivity index is 0.890. The molecule has 4 heterocycles. The molecule has 0 aromatic heterocycles. The standard InChI is InChI=1S/C45H70O19/c1-18-11-28(61-40(57)23(18)14-46)19(2)24-7-8-25-22-6-5-20-12-21(13-31(49)45(20,4)26(22)9-10-44(24,25)3)60-42-38(56)35(53)39(29(15-47)62-42)64-43-37(55)34(52)33(51)30(63-43)17-59-41-36(54)32(50)27(48)16-58-41/h5,19,21-22,24-39,41-43,46-56H,6-17H2,1-4H3/t19-,21-,22-,24+,25-,26-,27+,28-,29-,30-,31+,32-,33-,34+,35-,36+,37-,38-,39-,41-,42-,43+,44+,45+/m0/s1. The number of cyclic esters (lactones) is 1. The van der Waals surface area contributed by atoms with Crippen LogP contribution in [0.5, 0.6) is 0 Å². The molecular formula is C45H70O19. The van der Waals surface area contributed by atoms with E-state index in [-0.39, 0.29) is 43.0 Å². The van der Waals surface area contributed by atoms with Crippen LogP contribution < -0.4 is 0 Å². The highest BCUT2D eigenvalue weighted by molar-refractivity contribution is 5.90. The molecule has 6 fully saturated rings. The first-order valence-corrected chi connectivity index (χ1v) is 23.1. The average molecular weight is 915 g/mol. The molecular weight excluding hydrogens is 844 g/mol. The quantitative estimate of drug-likeness (QED) is 0.0811. The van der Waals surface area contributed by atoms with Crippen molar-refractivity contribution >= 4 is 5.97 Å². The minimum absolute atomic E-state index is 0.0408. The van der Waals surface area contributed by atoms with Crippen LogP contribution in [0.1, 0.15) is 79.1 Å². The minimum Gasteiger partial charge on any atom is -0.458 e. The zero-order valence-corrected chi connectivity index (χ0v) is 36.9. The number of allylic oxidation sites excluding steroid dienone is 1. The van der Waals surface area contributed by atoms with Crippen molar-refractivity contribution in [1.29, 1.82) is 0 Å². The lowest BCUT2D eigenvalue weighted by atomic mass is 9.46. The summed E-state index contributed by atoms with van der Waals surface area (Å²) < 4.78 is 40.4. The number of rotatable bonds is 11. The van der Waals surface area contributed by atoms with E-state index in [1.165, 1.54) is 0 Å². The van der Waals surface area contributed by atoms with Crippen molar-refractivity contribution in [1.82, 2.24) is 0 Å². The third-order valence-corrected chi connectivity index (χ3v) is 17.1. The van der Waals surface area contributed by atoms with Gasteiger partial charge < -0.3 is 89.3 Å². The van der Waals surface area contributed by atoms with Gasteiger partial charge in [-0.25, -0.2) is 4.79 Å². The molecule has 3 saturated carbocycles. The van der Waals surface area contributed by atoms with Gasteiger partial charge in [0.15, 0.2) is 18.9 Å². The molecule has 64 heavy (non-hydrogen) atoms. The van der Waals surface area contributed by atoms with Crippen LogP contribution >= 0.6 is 0 Å². The van der Waals surface area contributed by atoms with Gasteiger partial charge in [-0.1, -0.05) is 38.0 Å². The smallest absolute Gasteiger partial charge is 0.336 e. The van der Waals surface area contributed by atoms with E-state index in [1.807, 2.05) is 6.92 Å². The molecule has 364 valence electrons. The predicted molar refractivity (Wildman–Crippen MR) is 218 cm³/mol. The molecule has 19 nitrogen and oxygen atoms in total. The van der Waals surface area contributed by atoms with Gasteiger partial charge in [0.2, 0.25) is 0 Å². The number of hydrogen-bond acceptors (Lipinski definition) is 19. The molecule has 3 saturated heterocycles. The molecule has 0 aromatic carbocycles. The zero-order valence-electron chi connectivity index (χ0n) is 36.9. The third-order valence-electron chi connectivity index (χ3n) is 17.1. The SMILES string of the molecule is CC1=C(CO)C(=O)O[C@H]([C@@H](C)[C@H]2CC[C@H]3[C@@H]4CC=C5C[C@H](O[C@H]6O[C@@H](CO)[C@H](O[C@H]7O[C@@H](CO[C@@H]8OC[C@@H](O)[C@H](O)[C@H]8O)[C@H](O)[C@@H](O)[C@@H]7O)[C@@H](O)[C@@H]6O)C[C@@H](O)[C@@]5(C)[C@H]4CC[C@]23C)C1. The van der Waals surface area contributed by atoms with Crippen molar-refractivity contribution in [2.75, 3.05) is 26.4 Å². The fraction of sp³-hybridized carbons (Fsp3) is 0.889. The topological polar surface area (TPSA) is 304 Å². The van der Waals surface area contributed by atoms with Crippen LogP contribution in [0.4, 0.5) is 0 Å². The Kier molecular flexibility index (Phi) is 14.5. The average Bonchev–Trinajstić information content (AvgIpc) is 3.62. The van der Waals surface area contributed by atoms with Gasteiger partial charge in [-0.2, -0.15) is 0 Å². The van der Waals surface area contributed by atoms with E-state index in [2.05, 4.69) is 26.8 Å². The predicted octanol–water partition coefficient (Wildman–Crippen LogP) is -1.73. The fourth-order valence-electron chi connectivity index (χ4n) is 13.3.